The predicted octanol–water partition coefficient (Wildman–Crippen LogP) is 1.52. The lowest BCUT2D eigenvalue weighted by molar-refractivity contribution is -0.384. The van der Waals surface area contributed by atoms with E-state index >= 15 is 0 Å². The standard InChI is InChI=1S/C9H9N3O3/c1-5(13)9-10-7-3-2-6(12(14)15)4-8(7)11-9/h2-5,13H,1H3,(H,10,11). The van der Waals surface area contributed by atoms with E-state index in [1.54, 1.807) is 13.0 Å². The lowest BCUT2D eigenvalue weighted by Crippen LogP contribution is -1.92. The van der Waals surface area contributed by atoms with E-state index in [0.29, 0.717) is 16.9 Å². The minimum atomic E-state index is -0.712. The van der Waals surface area contributed by atoms with E-state index < -0.39 is 11.0 Å². The van der Waals surface area contributed by atoms with E-state index in [9.17, 15) is 15.2 Å². The summed E-state index contributed by atoms with van der Waals surface area (Å²) in [5.74, 6) is 0.408. The minimum absolute atomic E-state index is 0.00820. The first-order valence-electron chi connectivity index (χ1n) is 4.40. The van der Waals surface area contributed by atoms with Crippen LogP contribution in [0.4, 0.5) is 5.69 Å². The maximum Gasteiger partial charge on any atom is 0.271 e. The lowest BCUT2D eigenvalue weighted by Gasteiger charge is -1.95. The van der Waals surface area contributed by atoms with Crippen LogP contribution in [-0.4, -0.2) is 20.0 Å². The summed E-state index contributed by atoms with van der Waals surface area (Å²) in [6.45, 7) is 1.58. The van der Waals surface area contributed by atoms with Crippen LogP contribution >= 0.6 is 0 Å². The van der Waals surface area contributed by atoms with Gasteiger partial charge in [0.25, 0.3) is 5.69 Å². The normalized spacial score (nSPS) is 12.9. The van der Waals surface area contributed by atoms with Gasteiger partial charge in [0.15, 0.2) is 0 Å². The molecule has 0 amide bonds. The summed E-state index contributed by atoms with van der Waals surface area (Å²) in [5.41, 5.74) is 1.16. The molecular weight excluding hydrogens is 198 g/mol. The Kier molecular flexibility index (Phi) is 2.12. The van der Waals surface area contributed by atoms with Gasteiger partial charge in [-0.1, -0.05) is 0 Å². The quantitative estimate of drug-likeness (QED) is 0.576. The molecule has 1 heterocycles. The number of nitrogens with zero attached hydrogens (tertiary/aromatic N) is 2. The van der Waals surface area contributed by atoms with E-state index in [4.69, 9.17) is 0 Å². The van der Waals surface area contributed by atoms with Gasteiger partial charge in [0.1, 0.15) is 11.9 Å². The molecule has 2 aromatic rings. The molecule has 2 N–H and O–H groups in total. The second-order valence-corrected chi connectivity index (χ2v) is 3.26. The second-order valence-electron chi connectivity index (χ2n) is 3.26. The number of imidazole rings is 1. The number of H-pyrrole nitrogens is 1. The first-order valence-corrected chi connectivity index (χ1v) is 4.40. The third kappa shape index (κ3) is 1.66. The van der Waals surface area contributed by atoms with Crippen LogP contribution in [0.5, 0.6) is 0 Å². The number of benzene rings is 1. The van der Waals surface area contributed by atoms with Crippen molar-refractivity contribution in [1.29, 1.82) is 0 Å². The molecule has 1 unspecified atom stereocenters. The molecule has 15 heavy (non-hydrogen) atoms. The summed E-state index contributed by atoms with van der Waals surface area (Å²) < 4.78 is 0. The van der Waals surface area contributed by atoms with Crippen LogP contribution in [0.1, 0.15) is 18.9 Å². The van der Waals surface area contributed by atoms with Crippen molar-refractivity contribution in [2.24, 2.45) is 0 Å². The van der Waals surface area contributed by atoms with Gasteiger partial charge >= 0.3 is 0 Å². The average molecular weight is 207 g/mol. The number of nitro groups is 1. The highest BCUT2D eigenvalue weighted by atomic mass is 16.6. The molecule has 0 bridgehead atoms. The van der Waals surface area contributed by atoms with Crippen molar-refractivity contribution in [3.05, 3.63) is 34.1 Å². The van der Waals surface area contributed by atoms with Crippen LogP contribution in [-0.2, 0) is 0 Å². The molecule has 1 atom stereocenters. The highest BCUT2D eigenvalue weighted by Crippen LogP contribution is 2.20. The number of aliphatic hydroxyl groups is 1. The fraction of sp³-hybridized carbons (Fsp3) is 0.222. The summed E-state index contributed by atoms with van der Waals surface area (Å²) in [7, 11) is 0. The Morgan fingerprint density at radius 2 is 2.33 bits per heavy atom. The summed E-state index contributed by atoms with van der Waals surface area (Å²) in [6.07, 6.45) is -0.712. The molecular formula is C9H9N3O3. The van der Waals surface area contributed by atoms with Gasteiger partial charge in [0.05, 0.1) is 16.0 Å². The molecule has 0 fully saturated rings. The van der Waals surface area contributed by atoms with Gasteiger partial charge in [0, 0.05) is 12.1 Å². The van der Waals surface area contributed by atoms with Crippen molar-refractivity contribution in [2.75, 3.05) is 0 Å². The average Bonchev–Trinajstić information content (AvgIpc) is 2.59. The van der Waals surface area contributed by atoms with Gasteiger partial charge in [-0.25, -0.2) is 4.98 Å². The second kappa shape index (κ2) is 3.32. The van der Waals surface area contributed by atoms with Crippen molar-refractivity contribution in [1.82, 2.24) is 9.97 Å². The molecule has 6 heteroatoms. The Morgan fingerprint density at radius 1 is 1.60 bits per heavy atom. The van der Waals surface area contributed by atoms with Gasteiger partial charge in [-0.15, -0.1) is 0 Å². The highest BCUT2D eigenvalue weighted by molar-refractivity contribution is 5.77. The molecule has 0 aliphatic heterocycles. The number of hydrogen-bond acceptors (Lipinski definition) is 4. The smallest absolute Gasteiger partial charge is 0.271 e. The Labute approximate surface area is 84.7 Å². The van der Waals surface area contributed by atoms with E-state index in [0.717, 1.165) is 0 Å². The number of aliphatic hydroxyl groups excluding tert-OH is 1. The zero-order chi connectivity index (χ0) is 11.0. The van der Waals surface area contributed by atoms with Crippen LogP contribution in [0.3, 0.4) is 0 Å². The number of nitro benzene ring substituents is 1. The SMILES string of the molecule is CC(O)c1nc2cc([N+](=O)[O-])ccc2[nH]1. The number of aromatic amines is 1. The zero-order valence-electron chi connectivity index (χ0n) is 7.97. The number of fused-ring (bicyclic) bond motifs is 1. The molecule has 0 aliphatic carbocycles. The topological polar surface area (TPSA) is 92.1 Å². The number of nitrogens with one attached hydrogen (secondary N) is 1. The van der Waals surface area contributed by atoms with Crippen molar-refractivity contribution in [2.45, 2.75) is 13.0 Å². The van der Waals surface area contributed by atoms with E-state index in [1.165, 1.54) is 12.1 Å². The van der Waals surface area contributed by atoms with Crippen LogP contribution in [0.15, 0.2) is 18.2 Å². The van der Waals surface area contributed by atoms with E-state index in [-0.39, 0.29) is 5.69 Å². The summed E-state index contributed by atoms with van der Waals surface area (Å²) >= 11 is 0. The molecule has 78 valence electrons. The third-order valence-corrected chi connectivity index (χ3v) is 2.09. The Bertz CT molecular complexity index is 518. The molecule has 1 aromatic heterocycles. The number of rotatable bonds is 2. The first kappa shape index (κ1) is 9.60. The maximum absolute atomic E-state index is 10.5. The van der Waals surface area contributed by atoms with Gasteiger partial charge in [-0.2, -0.15) is 0 Å². The summed E-state index contributed by atoms with van der Waals surface area (Å²) in [5, 5.41) is 19.8. The number of non-ortho nitro benzene ring substituents is 1. The molecule has 0 saturated carbocycles. The molecule has 2 rings (SSSR count). The Balaban J connectivity index is 2.57. The maximum atomic E-state index is 10.5. The van der Waals surface area contributed by atoms with E-state index in [1.807, 2.05) is 0 Å². The number of hydrogen-bond donors (Lipinski definition) is 2. The van der Waals surface area contributed by atoms with Crippen LogP contribution < -0.4 is 0 Å². The van der Waals surface area contributed by atoms with Crippen LogP contribution in [0.2, 0.25) is 0 Å². The first-order chi connectivity index (χ1) is 7.08. The summed E-state index contributed by atoms with van der Waals surface area (Å²) in [4.78, 5) is 17.0. The Hall–Kier alpha value is -1.95. The highest BCUT2D eigenvalue weighted by Gasteiger charge is 2.11. The molecule has 0 saturated heterocycles. The minimum Gasteiger partial charge on any atom is -0.385 e. The molecule has 0 aliphatic rings. The predicted molar refractivity (Wildman–Crippen MR) is 53.4 cm³/mol. The molecule has 0 spiro atoms. The van der Waals surface area contributed by atoms with Crippen LogP contribution in [0, 0.1) is 10.1 Å². The van der Waals surface area contributed by atoms with Crippen molar-refractivity contribution >= 4 is 16.7 Å². The monoisotopic (exact) mass is 207 g/mol. The molecule has 0 radical (unpaired) electrons. The van der Waals surface area contributed by atoms with Gasteiger partial charge in [-0.05, 0) is 13.0 Å². The fourth-order valence-electron chi connectivity index (χ4n) is 1.33. The third-order valence-electron chi connectivity index (χ3n) is 2.09. The van der Waals surface area contributed by atoms with Crippen LogP contribution in [0.25, 0.3) is 11.0 Å². The number of aromatic nitrogens is 2. The van der Waals surface area contributed by atoms with Crippen molar-refractivity contribution in [3.8, 4) is 0 Å². The van der Waals surface area contributed by atoms with Crippen molar-refractivity contribution in [3.63, 3.8) is 0 Å². The molecule has 6 nitrogen and oxygen atoms in total. The Morgan fingerprint density at radius 3 is 2.93 bits per heavy atom. The molecule has 1 aromatic carbocycles. The zero-order valence-corrected chi connectivity index (χ0v) is 7.97. The van der Waals surface area contributed by atoms with Crippen molar-refractivity contribution < 1.29 is 10.0 Å². The largest absolute Gasteiger partial charge is 0.385 e. The summed E-state index contributed by atoms with van der Waals surface area (Å²) in [6, 6.07) is 4.34. The lowest BCUT2D eigenvalue weighted by atomic mass is 10.3. The van der Waals surface area contributed by atoms with E-state index in [2.05, 4.69) is 9.97 Å². The van der Waals surface area contributed by atoms with Gasteiger partial charge < -0.3 is 10.1 Å². The van der Waals surface area contributed by atoms with Gasteiger partial charge in [0.2, 0.25) is 0 Å². The fourth-order valence-corrected chi connectivity index (χ4v) is 1.33. The van der Waals surface area contributed by atoms with Gasteiger partial charge in [-0.3, -0.25) is 10.1 Å².